The number of amides is 1. The summed E-state index contributed by atoms with van der Waals surface area (Å²) in [7, 11) is 0. The van der Waals surface area contributed by atoms with Gasteiger partial charge in [-0.3, -0.25) is 4.79 Å². The fraction of sp³-hybridized carbons (Fsp3) is 0.211. The monoisotopic (exact) mass is 370 g/mol. The molecular formula is C19H16ClFN4O. The lowest BCUT2D eigenvalue weighted by atomic mass is 10.2. The Kier molecular flexibility index (Phi) is 4.42. The maximum Gasteiger partial charge on any atom is 0.278 e. The van der Waals surface area contributed by atoms with Gasteiger partial charge in [0.15, 0.2) is 11.5 Å². The van der Waals surface area contributed by atoms with Crippen molar-refractivity contribution in [2.24, 2.45) is 0 Å². The second-order valence-electron chi connectivity index (χ2n) is 6.16. The topological polar surface area (TPSA) is 58.1 Å². The van der Waals surface area contributed by atoms with Crippen LogP contribution in [0.2, 0.25) is 5.02 Å². The Hall–Kier alpha value is -2.73. The van der Waals surface area contributed by atoms with Gasteiger partial charge in [-0.1, -0.05) is 23.7 Å². The van der Waals surface area contributed by atoms with E-state index in [1.54, 1.807) is 0 Å². The number of aromatic nitrogens is 2. The SMILES string of the molecule is O=C(Nc1ccc(F)cc1Cl)c1nc2ccccc2nc1N1CCCC1. The highest BCUT2D eigenvalue weighted by molar-refractivity contribution is 6.34. The zero-order valence-corrected chi connectivity index (χ0v) is 14.6. The largest absolute Gasteiger partial charge is 0.355 e. The summed E-state index contributed by atoms with van der Waals surface area (Å²) >= 11 is 6.02. The van der Waals surface area contributed by atoms with Crippen molar-refractivity contribution in [3.63, 3.8) is 0 Å². The number of nitrogens with one attached hydrogen (secondary N) is 1. The van der Waals surface area contributed by atoms with Crippen molar-refractivity contribution in [2.45, 2.75) is 12.8 Å². The number of carbonyl (C=O) groups is 1. The van der Waals surface area contributed by atoms with Crippen LogP contribution in [0.4, 0.5) is 15.9 Å². The highest BCUT2D eigenvalue weighted by Gasteiger charge is 2.24. The Morgan fingerprint density at radius 3 is 2.46 bits per heavy atom. The van der Waals surface area contributed by atoms with Crippen molar-refractivity contribution in [3.05, 3.63) is 59.0 Å². The van der Waals surface area contributed by atoms with E-state index in [2.05, 4.69) is 20.2 Å². The normalized spacial score (nSPS) is 14.0. The van der Waals surface area contributed by atoms with Crippen molar-refractivity contribution in [3.8, 4) is 0 Å². The number of para-hydroxylation sites is 2. The summed E-state index contributed by atoms with van der Waals surface area (Å²) in [6.45, 7) is 1.68. The van der Waals surface area contributed by atoms with Crippen molar-refractivity contribution < 1.29 is 9.18 Å². The number of nitrogens with zero attached hydrogens (tertiary/aromatic N) is 3. The molecule has 1 aliphatic heterocycles. The van der Waals surface area contributed by atoms with Gasteiger partial charge < -0.3 is 10.2 Å². The Morgan fingerprint density at radius 2 is 1.77 bits per heavy atom. The van der Waals surface area contributed by atoms with Gasteiger partial charge in [0.05, 0.1) is 21.7 Å². The lowest BCUT2D eigenvalue weighted by Crippen LogP contribution is -2.25. The van der Waals surface area contributed by atoms with Crippen LogP contribution in [0.25, 0.3) is 11.0 Å². The summed E-state index contributed by atoms with van der Waals surface area (Å²) in [5.41, 5.74) is 1.96. The Bertz CT molecular complexity index is 988. The molecule has 0 bridgehead atoms. The molecule has 7 heteroatoms. The third-order valence-corrected chi connectivity index (χ3v) is 4.66. The highest BCUT2D eigenvalue weighted by atomic mass is 35.5. The summed E-state index contributed by atoms with van der Waals surface area (Å²) in [6.07, 6.45) is 2.11. The van der Waals surface area contributed by atoms with Gasteiger partial charge in [-0.2, -0.15) is 0 Å². The Labute approximate surface area is 154 Å². The first-order valence-electron chi connectivity index (χ1n) is 8.40. The zero-order valence-electron chi connectivity index (χ0n) is 13.9. The summed E-state index contributed by atoms with van der Waals surface area (Å²) in [4.78, 5) is 24.1. The van der Waals surface area contributed by atoms with Crippen molar-refractivity contribution in [1.29, 1.82) is 0 Å². The molecular weight excluding hydrogens is 355 g/mol. The fourth-order valence-electron chi connectivity index (χ4n) is 3.06. The van der Waals surface area contributed by atoms with Crippen LogP contribution < -0.4 is 10.2 Å². The first-order chi connectivity index (χ1) is 12.6. The van der Waals surface area contributed by atoms with E-state index < -0.39 is 11.7 Å². The molecule has 1 aromatic heterocycles. The van der Waals surface area contributed by atoms with E-state index in [1.807, 2.05) is 24.3 Å². The van der Waals surface area contributed by atoms with E-state index in [1.165, 1.54) is 12.1 Å². The van der Waals surface area contributed by atoms with Crippen LogP contribution in [0.5, 0.6) is 0 Å². The predicted molar refractivity (Wildman–Crippen MR) is 100 cm³/mol. The molecule has 132 valence electrons. The Balaban J connectivity index is 1.75. The minimum absolute atomic E-state index is 0.134. The van der Waals surface area contributed by atoms with Crippen LogP contribution in [0, 0.1) is 5.82 Å². The zero-order chi connectivity index (χ0) is 18.1. The number of fused-ring (bicyclic) bond motifs is 1. The van der Waals surface area contributed by atoms with Crippen LogP contribution in [0.3, 0.4) is 0 Å². The fourth-order valence-corrected chi connectivity index (χ4v) is 3.28. The number of hydrogen-bond donors (Lipinski definition) is 1. The number of hydrogen-bond acceptors (Lipinski definition) is 4. The van der Waals surface area contributed by atoms with Crippen molar-refractivity contribution in [1.82, 2.24) is 9.97 Å². The molecule has 0 spiro atoms. The van der Waals surface area contributed by atoms with Gasteiger partial charge >= 0.3 is 0 Å². The number of anilines is 2. The van der Waals surface area contributed by atoms with Crippen LogP contribution in [-0.4, -0.2) is 29.0 Å². The van der Waals surface area contributed by atoms with Gasteiger partial charge in [-0.15, -0.1) is 0 Å². The third-order valence-electron chi connectivity index (χ3n) is 4.35. The van der Waals surface area contributed by atoms with E-state index in [9.17, 15) is 9.18 Å². The van der Waals surface area contributed by atoms with Crippen LogP contribution in [0.15, 0.2) is 42.5 Å². The van der Waals surface area contributed by atoms with Crippen LogP contribution in [0.1, 0.15) is 23.3 Å². The second-order valence-corrected chi connectivity index (χ2v) is 6.56. The molecule has 5 nitrogen and oxygen atoms in total. The molecule has 26 heavy (non-hydrogen) atoms. The molecule has 0 saturated carbocycles. The van der Waals surface area contributed by atoms with Gasteiger partial charge in [0.1, 0.15) is 5.82 Å². The standard InChI is InChI=1S/C19H16ClFN4O/c20-13-11-12(21)7-8-14(13)24-19(26)17-18(25-9-3-4-10-25)23-16-6-2-1-5-15(16)22-17/h1-2,5-8,11H,3-4,9-10H2,(H,24,26). The lowest BCUT2D eigenvalue weighted by molar-refractivity contribution is 0.102. The van der Waals surface area contributed by atoms with Gasteiger partial charge in [-0.05, 0) is 43.2 Å². The maximum absolute atomic E-state index is 13.2. The second kappa shape index (κ2) is 6.88. The van der Waals surface area contributed by atoms with E-state index in [0.717, 1.165) is 37.5 Å². The first-order valence-corrected chi connectivity index (χ1v) is 8.78. The molecule has 0 unspecified atom stereocenters. The van der Waals surface area contributed by atoms with E-state index in [4.69, 9.17) is 11.6 Å². The third kappa shape index (κ3) is 3.20. The van der Waals surface area contributed by atoms with Crippen molar-refractivity contribution in [2.75, 3.05) is 23.3 Å². The number of benzene rings is 2. The Morgan fingerprint density at radius 1 is 1.08 bits per heavy atom. The highest BCUT2D eigenvalue weighted by Crippen LogP contribution is 2.27. The summed E-state index contributed by atoms with van der Waals surface area (Å²) in [5, 5.41) is 2.85. The average Bonchev–Trinajstić information content (AvgIpc) is 3.17. The smallest absolute Gasteiger partial charge is 0.278 e. The molecule has 2 heterocycles. The van der Waals surface area contributed by atoms with Gasteiger partial charge in [0.25, 0.3) is 5.91 Å². The molecule has 3 aromatic rings. The molecule has 1 fully saturated rings. The summed E-state index contributed by atoms with van der Waals surface area (Å²) < 4.78 is 13.2. The molecule has 0 aliphatic carbocycles. The number of carbonyl (C=O) groups excluding carboxylic acids is 1. The first kappa shape index (κ1) is 16.7. The predicted octanol–water partition coefficient (Wildman–Crippen LogP) is 4.27. The quantitative estimate of drug-likeness (QED) is 0.747. The average molecular weight is 371 g/mol. The minimum atomic E-state index is -0.462. The number of rotatable bonds is 3. The van der Waals surface area contributed by atoms with Gasteiger partial charge in [0.2, 0.25) is 0 Å². The van der Waals surface area contributed by atoms with Crippen LogP contribution >= 0.6 is 11.6 Å². The minimum Gasteiger partial charge on any atom is -0.355 e. The van der Waals surface area contributed by atoms with Gasteiger partial charge in [-0.25, -0.2) is 14.4 Å². The van der Waals surface area contributed by atoms with E-state index in [-0.39, 0.29) is 10.7 Å². The lowest BCUT2D eigenvalue weighted by Gasteiger charge is -2.19. The molecule has 0 atom stereocenters. The molecule has 1 N–H and O–H groups in total. The van der Waals surface area contributed by atoms with Crippen LogP contribution in [-0.2, 0) is 0 Å². The molecule has 1 saturated heterocycles. The van der Waals surface area contributed by atoms with E-state index >= 15 is 0 Å². The van der Waals surface area contributed by atoms with Gasteiger partial charge in [0, 0.05) is 13.1 Å². The molecule has 0 radical (unpaired) electrons. The summed E-state index contributed by atoms with van der Waals surface area (Å²) in [5.74, 6) is -0.313. The van der Waals surface area contributed by atoms with E-state index in [0.29, 0.717) is 17.0 Å². The molecule has 2 aromatic carbocycles. The molecule has 1 amide bonds. The summed E-state index contributed by atoms with van der Waals surface area (Å²) in [6, 6.07) is 11.3. The number of halogens is 2. The van der Waals surface area contributed by atoms with Crippen molar-refractivity contribution >= 4 is 40.0 Å². The maximum atomic E-state index is 13.2. The molecule has 4 rings (SSSR count). The molecule has 1 aliphatic rings.